The molecule has 124 valence electrons. The number of hydrogen-bond donors (Lipinski definition) is 3. The van der Waals surface area contributed by atoms with Crippen LogP contribution in [0.1, 0.15) is 15.9 Å². The Morgan fingerprint density at radius 3 is 2.84 bits per heavy atom. The van der Waals surface area contributed by atoms with E-state index in [0.29, 0.717) is 17.2 Å². The molecule has 0 saturated carbocycles. The van der Waals surface area contributed by atoms with Gasteiger partial charge in [0.05, 0.1) is 28.5 Å². The Bertz CT molecular complexity index is 1050. The van der Waals surface area contributed by atoms with E-state index < -0.39 is 11.7 Å². The molecule has 0 saturated heterocycles. The highest BCUT2D eigenvalue weighted by molar-refractivity contribution is 6.06. The molecule has 7 heteroatoms. The maximum atomic E-state index is 14.0. The molecule has 0 aliphatic heterocycles. The van der Waals surface area contributed by atoms with E-state index in [-0.39, 0.29) is 5.56 Å². The number of aromatic amines is 2. The first-order valence-electron chi connectivity index (χ1n) is 7.68. The summed E-state index contributed by atoms with van der Waals surface area (Å²) in [6, 6.07) is 12.1. The summed E-state index contributed by atoms with van der Waals surface area (Å²) < 4.78 is 14.0. The van der Waals surface area contributed by atoms with Gasteiger partial charge in [0.15, 0.2) is 5.82 Å². The predicted octanol–water partition coefficient (Wildman–Crippen LogP) is 3.65. The fourth-order valence-corrected chi connectivity index (χ4v) is 2.63. The summed E-state index contributed by atoms with van der Waals surface area (Å²) in [5.41, 5.74) is 3.34. The van der Waals surface area contributed by atoms with Crippen LogP contribution in [0, 0.1) is 12.7 Å². The van der Waals surface area contributed by atoms with E-state index in [4.69, 9.17) is 0 Å². The zero-order valence-corrected chi connectivity index (χ0v) is 13.3. The summed E-state index contributed by atoms with van der Waals surface area (Å²) in [5.74, 6) is -0.569. The van der Waals surface area contributed by atoms with Gasteiger partial charge in [-0.2, -0.15) is 5.10 Å². The highest BCUT2D eigenvalue weighted by Crippen LogP contribution is 2.26. The van der Waals surface area contributed by atoms with Gasteiger partial charge in [-0.15, -0.1) is 0 Å². The van der Waals surface area contributed by atoms with Crippen LogP contribution in [0.15, 0.2) is 48.7 Å². The maximum Gasteiger partial charge on any atom is 0.258 e. The van der Waals surface area contributed by atoms with E-state index in [1.54, 1.807) is 13.0 Å². The third kappa shape index (κ3) is 2.76. The second kappa shape index (κ2) is 5.86. The number of rotatable bonds is 3. The summed E-state index contributed by atoms with van der Waals surface area (Å²) in [5, 5.41) is 9.45. The van der Waals surface area contributed by atoms with E-state index in [9.17, 15) is 9.18 Å². The Kier molecular flexibility index (Phi) is 3.53. The third-order valence-corrected chi connectivity index (χ3v) is 3.88. The minimum Gasteiger partial charge on any atom is -0.337 e. The van der Waals surface area contributed by atoms with Gasteiger partial charge in [0, 0.05) is 0 Å². The second-order valence-corrected chi connectivity index (χ2v) is 5.70. The molecule has 6 nitrogen and oxygen atoms in total. The molecule has 2 aromatic heterocycles. The number of aryl methyl sites for hydroxylation is 1. The van der Waals surface area contributed by atoms with Gasteiger partial charge < -0.3 is 10.3 Å². The van der Waals surface area contributed by atoms with Crippen LogP contribution in [0.4, 0.5) is 10.1 Å². The molecule has 25 heavy (non-hydrogen) atoms. The first kappa shape index (κ1) is 15.1. The number of nitrogens with zero attached hydrogens (tertiary/aromatic N) is 2. The molecule has 2 heterocycles. The smallest absolute Gasteiger partial charge is 0.258 e. The van der Waals surface area contributed by atoms with Gasteiger partial charge in [0.25, 0.3) is 5.91 Å². The van der Waals surface area contributed by atoms with Crippen molar-refractivity contribution in [2.75, 3.05) is 5.32 Å². The SMILES string of the molecule is Cc1ccc(C(=O)Nc2cn[nH]c2-c2nc3ccccc3[nH]2)c(F)c1. The number of para-hydroxylation sites is 2. The molecule has 0 spiro atoms. The van der Waals surface area contributed by atoms with Crippen molar-refractivity contribution in [2.45, 2.75) is 6.92 Å². The van der Waals surface area contributed by atoms with E-state index in [1.807, 2.05) is 24.3 Å². The number of halogens is 1. The molecule has 4 aromatic rings. The molecule has 0 atom stereocenters. The Balaban J connectivity index is 1.66. The lowest BCUT2D eigenvalue weighted by Crippen LogP contribution is -2.14. The summed E-state index contributed by atoms with van der Waals surface area (Å²) in [6.07, 6.45) is 1.46. The monoisotopic (exact) mass is 335 g/mol. The van der Waals surface area contributed by atoms with Gasteiger partial charge in [0.1, 0.15) is 11.5 Å². The lowest BCUT2D eigenvalue weighted by atomic mass is 10.1. The van der Waals surface area contributed by atoms with E-state index in [0.717, 1.165) is 16.6 Å². The van der Waals surface area contributed by atoms with Gasteiger partial charge in [-0.25, -0.2) is 9.37 Å². The molecule has 3 N–H and O–H groups in total. The van der Waals surface area contributed by atoms with Crippen LogP contribution in [0.2, 0.25) is 0 Å². The molecule has 0 unspecified atom stereocenters. The number of aromatic nitrogens is 4. The third-order valence-electron chi connectivity index (χ3n) is 3.88. The fraction of sp³-hybridized carbons (Fsp3) is 0.0556. The average Bonchev–Trinajstić information content (AvgIpc) is 3.20. The Morgan fingerprint density at radius 2 is 2.04 bits per heavy atom. The number of H-pyrrole nitrogens is 2. The second-order valence-electron chi connectivity index (χ2n) is 5.70. The van der Waals surface area contributed by atoms with Crippen LogP contribution in [-0.4, -0.2) is 26.1 Å². The van der Waals surface area contributed by atoms with Gasteiger partial charge in [-0.3, -0.25) is 9.89 Å². The average molecular weight is 335 g/mol. The molecule has 4 rings (SSSR count). The zero-order chi connectivity index (χ0) is 17.4. The zero-order valence-electron chi connectivity index (χ0n) is 13.3. The van der Waals surface area contributed by atoms with Crippen LogP contribution < -0.4 is 5.32 Å². The number of carbonyl (C=O) groups excluding carboxylic acids is 1. The van der Waals surface area contributed by atoms with Crippen molar-refractivity contribution in [1.29, 1.82) is 0 Å². The highest BCUT2D eigenvalue weighted by Gasteiger charge is 2.17. The molecule has 0 bridgehead atoms. The number of benzene rings is 2. The summed E-state index contributed by atoms with van der Waals surface area (Å²) >= 11 is 0. The largest absolute Gasteiger partial charge is 0.337 e. The fourth-order valence-electron chi connectivity index (χ4n) is 2.63. The Hall–Kier alpha value is -3.48. The van der Waals surface area contributed by atoms with Crippen LogP contribution in [0.25, 0.3) is 22.6 Å². The van der Waals surface area contributed by atoms with Crippen molar-refractivity contribution in [2.24, 2.45) is 0 Å². The lowest BCUT2D eigenvalue weighted by molar-refractivity contribution is 0.102. The Labute approximate surface area is 142 Å². The quantitative estimate of drug-likeness (QED) is 0.534. The number of hydrogen-bond acceptors (Lipinski definition) is 3. The van der Waals surface area contributed by atoms with Crippen molar-refractivity contribution in [3.63, 3.8) is 0 Å². The lowest BCUT2D eigenvalue weighted by Gasteiger charge is -2.06. The maximum absolute atomic E-state index is 14.0. The van der Waals surface area contributed by atoms with Crippen LogP contribution >= 0.6 is 0 Å². The molecule has 0 aliphatic rings. The number of carbonyl (C=O) groups is 1. The van der Waals surface area contributed by atoms with Crippen molar-refractivity contribution >= 4 is 22.6 Å². The van der Waals surface area contributed by atoms with Crippen molar-refractivity contribution in [3.8, 4) is 11.5 Å². The standard InChI is InChI=1S/C18H14FN5O/c1-10-6-7-11(12(19)8-10)18(25)23-15-9-20-24-16(15)17-21-13-4-2-3-5-14(13)22-17/h2-9H,1H3,(H,20,24)(H,21,22)(H,23,25). The molecule has 0 fully saturated rings. The van der Waals surface area contributed by atoms with Crippen LogP contribution in [0.3, 0.4) is 0 Å². The topological polar surface area (TPSA) is 86.5 Å². The highest BCUT2D eigenvalue weighted by atomic mass is 19.1. The van der Waals surface area contributed by atoms with E-state index in [2.05, 4.69) is 25.5 Å². The molecule has 0 radical (unpaired) electrons. The van der Waals surface area contributed by atoms with Crippen LogP contribution in [-0.2, 0) is 0 Å². The van der Waals surface area contributed by atoms with Crippen LogP contribution in [0.5, 0.6) is 0 Å². The predicted molar refractivity (Wildman–Crippen MR) is 92.8 cm³/mol. The van der Waals surface area contributed by atoms with Crippen molar-refractivity contribution < 1.29 is 9.18 Å². The van der Waals surface area contributed by atoms with Crippen molar-refractivity contribution in [3.05, 3.63) is 65.6 Å². The minimum absolute atomic E-state index is 0.0256. The summed E-state index contributed by atoms with van der Waals surface area (Å²) in [4.78, 5) is 20.0. The Morgan fingerprint density at radius 1 is 1.20 bits per heavy atom. The number of imidazole rings is 1. The molecule has 2 aromatic carbocycles. The molecular formula is C18H14FN5O. The molecule has 0 aliphatic carbocycles. The molecule has 1 amide bonds. The van der Waals surface area contributed by atoms with Gasteiger partial charge in [0.2, 0.25) is 0 Å². The van der Waals surface area contributed by atoms with Gasteiger partial charge in [-0.05, 0) is 36.8 Å². The normalized spacial score (nSPS) is 11.0. The molecular weight excluding hydrogens is 321 g/mol. The van der Waals surface area contributed by atoms with E-state index in [1.165, 1.54) is 18.3 Å². The minimum atomic E-state index is -0.564. The number of anilines is 1. The number of nitrogens with one attached hydrogen (secondary N) is 3. The number of amides is 1. The van der Waals surface area contributed by atoms with Gasteiger partial charge >= 0.3 is 0 Å². The van der Waals surface area contributed by atoms with E-state index >= 15 is 0 Å². The summed E-state index contributed by atoms with van der Waals surface area (Å²) in [7, 11) is 0. The first-order chi connectivity index (χ1) is 12.1. The first-order valence-corrected chi connectivity index (χ1v) is 7.68. The number of fused-ring (bicyclic) bond motifs is 1. The van der Waals surface area contributed by atoms with Crippen molar-refractivity contribution in [1.82, 2.24) is 20.2 Å². The summed E-state index contributed by atoms with van der Waals surface area (Å²) in [6.45, 7) is 1.76. The van der Waals surface area contributed by atoms with Gasteiger partial charge in [-0.1, -0.05) is 18.2 Å².